The van der Waals surface area contributed by atoms with Gasteiger partial charge in [-0.2, -0.15) is 0 Å². The summed E-state index contributed by atoms with van der Waals surface area (Å²) in [6.07, 6.45) is 1.42. The maximum Gasteiger partial charge on any atom is 0.305 e. The molecule has 1 saturated heterocycles. The zero-order valence-electron chi connectivity index (χ0n) is 11.4. The van der Waals surface area contributed by atoms with E-state index in [-0.39, 0.29) is 30.8 Å². The molecule has 5 nitrogen and oxygen atoms in total. The van der Waals surface area contributed by atoms with E-state index in [4.69, 9.17) is 9.84 Å². The van der Waals surface area contributed by atoms with Crippen LogP contribution in [-0.4, -0.2) is 35.7 Å². The number of carbonyl (C=O) groups is 2. The number of ether oxygens (including phenoxy) is 1. The van der Waals surface area contributed by atoms with Crippen molar-refractivity contribution in [1.82, 2.24) is 5.32 Å². The van der Waals surface area contributed by atoms with Gasteiger partial charge in [0.2, 0.25) is 5.91 Å². The molecule has 0 aromatic heterocycles. The number of carboxylic acid groups (broad SMARTS) is 1. The van der Waals surface area contributed by atoms with Crippen molar-refractivity contribution in [3.8, 4) is 0 Å². The van der Waals surface area contributed by atoms with Crippen molar-refractivity contribution in [3.63, 3.8) is 0 Å². The molecule has 0 radical (unpaired) electrons. The maximum absolute atomic E-state index is 12.1. The Hall–Kier alpha value is -1.10. The summed E-state index contributed by atoms with van der Waals surface area (Å²) in [5.41, 5.74) is -0.718. The molecule has 1 aliphatic heterocycles. The molecular weight excluding hydrogens is 234 g/mol. The summed E-state index contributed by atoms with van der Waals surface area (Å²) < 4.78 is 5.25. The molecule has 1 rings (SSSR count). The Bertz CT molecular complexity index is 310. The third kappa shape index (κ3) is 3.70. The lowest BCUT2D eigenvalue weighted by Gasteiger charge is -2.30. The van der Waals surface area contributed by atoms with E-state index in [1.165, 1.54) is 0 Å². The van der Waals surface area contributed by atoms with Crippen molar-refractivity contribution in [1.29, 1.82) is 0 Å². The second kappa shape index (κ2) is 6.18. The normalized spacial score (nSPS) is 26.6. The first-order valence-corrected chi connectivity index (χ1v) is 6.52. The van der Waals surface area contributed by atoms with Crippen molar-refractivity contribution in [2.75, 3.05) is 13.2 Å². The van der Waals surface area contributed by atoms with E-state index in [2.05, 4.69) is 5.32 Å². The Morgan fingerprint density at radius 1 is 1.44 bits per heavy atom. The molecular formula is C13H23NO4. The summed E-state index contributed by atoms with van der Waals surface area (Å²) in [4.78, 5) is 23.0. The van der Waals surface area contributed by atoms with E-state index < -0.39 is 11.5 Å². The minimum atomic E-state index is -0.906. The van der Waals surface area contributed by atoms with Crippen LogP contribution in [0.2, 0.25) is 0 Å². The number of hydrogen-bond donors (Lipinski definition) is 2. The Labute approximate surface area is 108 Å². The summed E-state index contributed by atoms with van der Waals surface area (Å²) in [7, 11) is 0. The number of carboxylic acids is 1. The van der Waals surface area contributed by atoms with Crippen LogP contribution in [0.3, 0.4) is 0 Å². The van der Waals surface area contributed by atoms with Crippen LogP contribution in [0.5, 0.6) is 0 Å². The number of nitrogens with one attached hydrogen (secondary N) is 1. The van der Waals surface area contributed by atoms with E-state index >= 15 is 0 Å². The van der Waals surface area contributed by atoms with Crippen LogP contribution in [0.25, 0.3) is 0 Å². The molecule has 3 unspecified atom stereocenters. The molecule has 104 valence electrons. The van der Waals surface area contributed by atoms with Crippen LogP contribution in [0.15, 0.2) is 0 Å². The van der Waals surface area contributed by atoms with Crippen molar-refractivity contribution in [2.24, 2.45) is 11.8 Å². The summed E-state index contributed by atoms with van der Waals surface area (Å²) in [5.74, 6) is -0.802. The topological polar surface area (TPSA) is 75.6 Å². The summed E-state index contributed by atoms with van der Waals surface area (Å²) in [6.45, 7) is 6.75. The molecule has 1 fully saturated rings. The zero-order valence-corrected chi connectivity index (χ0v) is 11.4. The van der Waals surface area contributed by atoms with Gasteiger partial charge in [0, 0.05) is 12.5 Å². The molecule has 0 spiro atoms. The summed E-state index contributed by atoms with van der Waals surface area (Å²) in [6, 6.07) is 0. The van der Waals surface area contributed by atoms with Gasteiger partial charge in [0.1, 0.15) is 0 Å². The Morgan fingerprint density at radius 3 is 2.56 bits per heavy atom. The highest BCUT2D eigenvalue weighted by atomic mass is 16.5. The first-order valence-electron chi connectivity index (χ1n) is 6.52. The van der Waals surface area contributed by atoms with Gasteiger partial charge in [-0.1, -0.05) is 27.2 Å². The number of rotatable bonds is 6. The second-order valence-corrected chi connectivity index (χ2v) is 5.32. The van der Waals surface area contributed by atoms with Crippen LogP contribution in [-0.2, 0) is 14.3 Å². The highest BCUT2D eigenvalue weighted by Gasteiger charge is 2.39. The smallest absolute Gasteiger partial charge is 0.305 e. The zero-order chi connectivity index (χ0) is 13.8. The Morgan fingerprint density at radius 2 is 2.11 bits per heavy atom. The van der Waals surface area contributed by atoms with Gasteiger partial charge in [-0.05, 0) is 12.3 Å². The van der Waals surface area contributed by atoms with E-state index in [1.807, 2.05) is 20.8 Å². The van der Waals surface area contributed by atoms with Gasteiger partial charge in [-0.3, -0.25) is 9.59 Å². The van der Waals surface area contributed by atoms with Crippen molar-refractivity contribution >= 4 is 11.9 Å². The molecule has 0 aliphatic carbocycles. The first-order chi connectivity index (χ1) is 8.40. The molecule has 3 atom stereocenters. The standard InChI is InChI=1S/C13H23NO4/c1-4-9(2)10(3)12(17)14-13(7-11(15)16)5-6-18-8-13/h9-10H,4-8H2,1-3H3,(H,14,17)(H,15,16). The predicted octanol–water partition coefficient (Wildman–Crippen LogP) is 1.42. The first kappa shape index (κ1) is 15.0. The molecule has 1 aliphatic rings. The van der Waals surface area contributed by atoms with Crippen molar-refractivity contribution in [2.45, 2.75) is 45.6 Å². The minimum absolute atomic E-state index is 0.0731. The highest BCUT2D eigenvalue weighted by Crippen LogP contribution is 2.24. The van der Waals surface area contributed by atoms with Gasteiger partial charge in [0.05, 0.1) is 18.6 Å². The van der Waals surface area contributed by atoms with Crippen LogP contribution in [0.1, 0.15) is 40.0 Å². The molecule has 1 heterocycles. The Balaban J connectivity index is 2.66. The van der Waals surface area contributed by atoms with Gasteiger partial charge in [0.25, 0.3) is 0 Å². The van der Waals surface area contributed by atoms with Crippen LogP contribution < -0.4 is 5.32 Å². The molecule has 0 aromatic carbocycles. The van der Waals surface area contributed by atoms with E-state index in [9.17, 15) is 9.59 Å². The van der Waals surface area contributed by atoms with Gasteiger partial charge < -0.3 is 15.2 Å². The number of carbonyl (C=O) groups excluding carboxylic acids is 1. The van der Waals surface area contributed by atoms with Gasteiger partial charge in [-0.15, -0.1) is 0 Å². The van der Waals surface area contributed by atoms with E-state index in [1.54, 1.807) is 0 Å². The minimum Gasteiger partial charge on any atom is -0.481 e. The van der Waals surface area contributed by atoms with Crippen LogP contribution >= 0.6 is 0 Å². The molecule has 1 amide bonds. The van der Waals surface area contributed by atoms with Crippen LogP contribution in [0.4, 0.5) is 0 Å². The monoisotopic (exact) mass is 257 g/mol. The molecule has 0 bridgehead atoms. The highest BCUT2D eigenvalue weighted by molar-refractivity contribution is 5.80. The Kier molecular flexibility index (Phi) is 5.14. The molecule has 18 heavy (non-hydrogen) atoms. The van der Waals surface area contributed by atoms with Gasteiger partial charge >= 0.3 is 5.97 Å². The fourth-order valence-electron chi connectivity index (χ4n) is 2.17. The fourth-order valence-corrected chi connectivity index (χ4v) is 2.17. The van der Waals surface area contributed by atoms with E-state index in [0.29, 0.717) is 13.0 Å². The van der Waals surface area contributed by atoms with Crippen molar-refractivity contribution < 1.29 is 19.4 Å². The molecule has 2 N–H and O–H groups in total. The summed E-state index contributed by atoms with van der Waals surface area (Å²) >= 11 is 0. The van der Waals surface area contributed by atoms with Crippen molar-refractivity contribution in [3.05, 3.63) is 0 Å². The average Bonchev–Trinajstić information content (AvgIpc) is 2.74. The summed E-state index contributed by atoms with van der Waals surface area (Å²) in [5, 5.41) is 11.8. The molecule has 5 heteroatoms. The van der Waals surface area contributed by atoms with Crippen LogP contribution in [0, 0.1) is 11.8 Å². The third-order valence-electron chi connectivity index (χ3n) is 3.89. The molecule has 0 aromatic rings. The second-order valence-electron chi connectivity index (χ2n) is 5.32. The fraction of sp³-hybridized carbons (Fsp3) is 0.846. The SMILES string of the molecule is CCC(C)C(C)C(=O)NC1(CC(=O)O)CCOC1. The lowest BCUT2D eigenvalue weighted by Crippen LogP contribution is -2.52. The lowest BCUT2D eigenvalue weighted by atomic mass is 9.89. The largest absolute Gasteiger partial charge is 0.481 e. The van der Waals surface area contributed by atoms with Gasteiger partial charge in [-0.25, -0.2) is 0 Å². The van der Waals surface area contributed by atoms with Gasteiger partial charge in [0.15, 0.2) is 0 Å². The number of aliphatic carboxylic acids is 1. The third-order valence-corrected chi connectivity index (χ3v) is 3.89. The predicted molar refractivity (Wildman–Crippen MR) is 67.2 cm³/mol. The number of hydrogen-bond acceptors (Lipinski definition) is 3. The van der Waals surface area contributed by atoms with E-state index in [0.717, 1.165) is 6.42 Å². The quantitative estimate of drug-likeness (QED) is 0.754. The molecule has 0 saturated carbocycles. The number of amides is 1. The maximum atomic E-state index is 12.1. The lowest BCUT2D eigenvalue weighted by molar-refractivity contribution is -0.139. The average molecular weight is 257 g/mol.